The number of methoxy groups -OCH3 is 1. The molecule has 0 spiro atoms. The van der Waals surface area contributed by atoms with Gasteiger partial charge in [-0.05, 0) is 63.1 Å². The van der Waals surface area contributed by atoms with E-state index in [4.69, 9.17) is 14.2 Å². The Kier molecular flexibility index (Phi) is 11.4. The fraction of sp³-hybridized carbons (Fsp3) is 0.643. The lowest BCUT2D eigenvalue weighted by atomic mass is 9.78. The summed E-state index contributed by atoms with van der Waals surface area (Å²) in [5, 5.41) is 5.78. The highest BCUT2D eigenvalue weighted by atomic mass is 16.5. The molecule has 1 saturated carbocycles. The number of carbonyl (C=O) groups excluding carboxylic acids is 4. The highest BCUT2D eigenvalue weighted by molar-refractivity contribution is 5.82. The monoisotopic (exact) mass is 531 g/mol. The maximum Gasteiger partial charge on any atom is 0.314 e. The van der Waals surface area contributed by atoms with Crippen molar-refractivity contribution >= 4 is 23.7 Å². The molecule has 3 amide bonds. The molecular weight excluding hydrogens is 490 g/mol. The third-order valence-electron chi connectivity index (χ3n) is 6.95. The molecule has 1 fully saturated rings. The van der Waals surface area contributed by atoms with Crippen molar-refractivity contribution < 1.29 is 33.4 Å². The number of hydrogen-bond acceptors (Lipinski definition) is 7. The summed E-state index contributed by atoms with van der Waals surface area (Å²) in [4.78, 5) is 52.8. The van der Waals surface area contributed by atoms with Gasteiger partial charge < -0.3 is 29.7 Å². The first-order valence-electron chi connectivity index (χ1n) is 13.6. The highest BCUT2D eigenvalue weighted by Crippen LogP contribution is 2.32. The molecule has 1 atom stereocenters. The topological polar surface area (TPSA) is 123 Å². The Balaban J connectivity index is 1.79. The van der Waals surface area contributed by atoms with Crippen molar-refractivity contribution in [3.8, 4) is 5.75 Å². The SMILES string of the molecule is CCOC(=O)C1(CCOC)CNC(=O)CCCN(C(=O)C2CC2)CCCNC(=O)COc2ccc(cc2)C1. The van der Waals surface area contributed by atoms with E-state index in [1.807, 2.05) is 12.1 Å². The van der Waals surface area contributed by atoms with E-state index in [2.05, 4.69) is 10.6 Å². The molecule has 2 aliphatic heterocycles. The molecule has 1 aromatic rings. The summed E-state index contributed by atoms with van der Waals surface area (Å²) in [5.74, 6) is -0.0777. The van der Waals surface area contributed by atoms with Crippen molar-refractivity contribution in [2.75, 3.05) is 53.1 Å². The Labute approximate surface area is 224 Å². The Morgan fingerprint density at radius 1 is 1.08 bits per heavy atom. The van der Waals surface area contributed by atoms with Crippen molar-refractivity contribution in [1.82, 2.24) is 15.5 Å². The molecule has 4 rings (SSSR count). The van der Waals surface area contributed by atoms with Gasteiger partial charge in [-0.1, -0.05) is 12.1 Å². The molecule has 2 N–H and O–H groups in total. The van der Waals surface area contributed by atoms with Gasteiger partial charge in [-0.3, -0.25) is 19.2 Å². The zero-order chi connectivity index (χ0) is 27.4. The molecule has 3 aliphatic rings. The molecule has 0 saturated heterocycles. The molecule has 0 aromatic heterocycles. The lowest BCUT2D eigenvalue weighted by molar-refractivity contribution is -0.156. The van der Waals surface area contributed by atoms with E-state index in [9.17, 15) is 19.2 Å². The number of nitrogens with zero attached hydrogens (tertiary/aromatic N) is 1. The maximum atomic E-state index is 13.2. The first-order chi connectivity index (χ1) is 18.4. The van der Waals surface area contributed by atoms with Gasteiger partial charge in [-0.25, -0.2) is 0 Å². The summed E-state index contributed by atoms with van der Waals surface area (Å²) < 4.78 is 16.4. The first-order valence-corrected chi connectivity index (χ1v) is 13.6. The van der Waals surface area contributed by atoms with Gasteiger partial charge in [0.2, 0.25) is 11.8 Å². The van der Waals surface area contributed by atoms with Crippen molar-refractivity contribution in [1.29, 1.82) is 0 Å². The smallest absolute Gasteiger partial charge is 0.314 e. The fourth-order valence-corrected chi connectivity index (χ4v) is 4.57. The van der Waals surface area contributed by atoms with Gasteiger partial charge in [0.15, 0.2) is 6.61 Å². The average molecular weight is 532 g/mol. The van der Waals surface area contributed by atoms with Crippen molar-refractivity contribution in [3.63, 3.8) is 0 Å². The lowest BCUT2D eigenvalue weighted by Crippen LogP contribution is -2.46. The molecule has 2 heterocycles. The third kappa shape index (κ3) is 9.01. The molecule has 210 valence electrons. The zero-order valence-electron chi connectivity index (χ0n) is 22.6. The summed E-state index contributed by atoms with van der Waals surface area (Å²) in [7, 11) is 1.57. The van der Waals surface area contributed by atoms with Crippen LogP contribution in [0.1, 0.15) is 51.0 Å². The lowest BCUT2D eigenvalue weighted by Gasteiger charge is -2.32. The van der Waals surface area contributed by atoms with E-state index in [1.165, 1.54) is 0 Å². The summed E-state index contributed by atoms with van der Waals surface area (Å²) in [6, 6.07) is 7.21. The number of carbonyl (C=O) groups is 4. The van der Waals surface area contributed by atoms with Crippen LogP contribution < -0.4 is 15.4 Å². The fourth-order valence-electron chi connectivity index (χ4n) is 4.57. The second-order valence-corrected chi connectivity index (χ2v) is 10.0. The van der Waals surface area contributed by atoms with E-state index in [0.717, 1.165) is 18.4 Å². The number of nitrogens with one attached hydrogen (secondary N) is 2. The molecule has 0 radical (unpaired) electrons. The predicted octanol–water partition coefficient (Wildman–Crippen LogP) is 1.85. The van der Waals surface area contributed by atoms with E-state index < -0.39 is 11.4 Å². The largest absolute Gasteiger partial charge is 0.484 e. The third-order valence-corrected chi connectivity index (χ3v) is 6.95. The van der Waals surface area contributed by atoms with Crippen molar-refractivity contribution in [2.24, 2.45) is 11.3 Å². The number of ether oxygens (including phenoxy) is 3. The molecule has 10 heteroatoms. The molecular formula is C28H41N3O7. The highest BCUT2D eigenvalue weighted by Gasteiger charge is 2.40. The van der Waals surface area contributed by atoms with Crippen LogP contribution in [0.4, 0.5) is 0 Å². The van der Waals surface area contributed by atoms with Crippen molar-refractivity contribution in [3.05, 3.63) is 29.8 Å². The molecule has 1 aliphatic carbocycles. The van der Waals surface area contributed by atoms with Crippen LogP contribution >= 0.6 is 0 Å². The molecule has 1 aromatic carbocycles. The standard InChI is InChI=1S/C28H41N3O7/c1-3-37-27(35)28(13-17-36-2)18-21-7-11-23(12-8-21)38-19-25(33)29-14-5-16-31(26(34)22-9-10-22)15-4-6-24(32)30-20-28/h7-8,11-12,22H,3-6,9-10,13-20H2,1-2H3,(H,29,33)(H,30,32). The normalized spacial score (nSPS) is 22.1. The average Bonchev–Trinajstić information content (AvgIpc) is 3.76. The molecule has 2 bridgehead atoms. The van der Waals surface area contributed by atoms with Gasteiger partial charge in [-0.15, -0.1) is 0 Å². The predicted molar refractivity (Wildman–Crippen MR) is 140 cm³/mol. The van der Waals surface area contributed by atoms with Crippen LogP contribution in [0.5, 0.6) is 5.75 Å². The minimum atomic E-state index is -1.02. The van der Waals surface area contributed by atoms with Gasteiger partial charge in [0, 0.05) is 52.2 Å². The molecule has 1 unspecified atom stereocenters. The number of rotatable bonds is 6. The first kappa shape index (κ1) is 29.4. The van der Waals surface area contributed by atoms with Crippen LogP contribution in [0.2, 0.25) is 0 Å². The Morgan fingerprint density at radius 3 is 2.50 bits per heavy atom. The second-order valence-electron chi connectivity index (χ2n) is 10.0. The summed E-state index contributed by atoms with van der Waals surface area (Å²) in [6.45, 7) is 3.72. The van der Waals surface area contributed by atoms with Crippen molar-refractivity contribution in [2.45, 2.75) is 51.9 Å². The minimum absolute atomic E-state index is 0.0781. The quantitative estimate of drug-likeness (QED) is 0.537. The molecule has 38 heavy (non-hydrogen) atoms. The number of benzene rings is 1. The van der Waals surface area contributed by atoms with Gasteiger partial charge in [0.1, 0.15) is 5.75 Å². The number of amides is 3. The van der Waals surface area contributed by atoms with Crippen LogP contribution in [-0.2, 0) is 35.1 Å². The minimum Gasteiger partial charge on any atom is -0.484 e. The van der Waals surface area contributed by atoms with Gasteiger partial charge in [-0.2, -0.15) is 0 Å². The maximum absolute atomic E-state index is 13.2. The van der Waals surface area contributed by atoms with Gasteiger partial charge in [0.25, 0.3) is 5.91 Å². The van der Waals surface area contributed by atoms with E-state index in [0.29, 0.717) is 57.7 Å². The Hall–Kier alpha value is -3.14. The zero-order valence-corrected chi connectivity index (χ0v) is 22.6. The number of esters is 1. The van der Waals surface area contributed by atoms with Gasteiger partial charge in [0.05, 0.1) is 12.0 Å². The van der Waals surface area contributed by atoms with Crippen LogP contribution in [0.25, 0.3) is 0 Å². The van der Waals surface area contributed by atoms with Gasteiger partial charge >= 0.3 is 5.97 Å². The van der Waals surface area contributed by atoms with Crippen LogP contribution in [-0.4, -0.2) is 81.7 Å². The number of fused-ring (bicyclic) bond motifs is 17. The van der Waals surface area contributed by atoms with E-state index >= 15 is 0 Å². The van der Waals surface area contributed by atoms with E-state index in [-0.39, 0.29) is 49.8 Å². The van der Waals surface area contributed by atoms with Crippen LogP contribution in [0, 0.1) is 11.3 Å². The summed E-state index contributed by atoms with van der Waals surface area (Å²) in [6.07, 6.45) is 3.87. The van der Waals surface area contributed by atoms with Crippen LogP contribution in [0.3, 0.4) is 0 Å². The van der Waals surface area contributed by atoms with E-state index in [1.54, 1.807) is 31.1 Å². The van der Waals surface area contributed by atoms with Crippen LogP contribution in [0.15, 0.2) is 24.3 Å². The molecule has 10 nitrogen and oxygen atoms in total. The second kappa shape index (κ2) is 14.7. The Morgan fingerprint density at radius 2 is 1.82 bits per heavy atom. The number of hydrogen-bond donors (Lipinski definition) is 2. The summed E-state index contributed by atoms with van der Waals surface area (Å²) in [5.41, 5.74) is -0.150. The summed E-state index contributed by atoms with van der Waals surface area (Å²) >= 11 is 0. The Bertz CT molecular complexity index is 948.